The van der Waals surface area contributed by atoms with E-state index in [1.54, 1.807) is 13.0 Å². The smallest absolute Gasteiger partial charge is 0.339 e. The zero-order valence-electron chi connectivity index (χ0n) is 12.3. The monoisotopic (exact) mass is 314 g/mol. The Hall–Kier alpha value is -1.46. The lowest BCUT2D eigenvalue weighted by Gasteiger charge is -2.27. The van der Waals surface area contributed by atoms with Crippen LogP contribution in [0.25, 0.3) is 0 Å². The second-order valence-corrected chi connectivity index (χ2v) is 5.43. The number of ether oxygens (including phenoxy) is 3. The zero-order chi connectivity index (χ0) is 15.6. The Bertz CT molecular complexity index is 541. The van der Waals surface area contributed by atoms with Gasteiger partial charge in [-0.1, -0.05) is 25.4 Å². The normalized spacial score (nSPS) is 15.0. The zero-order valence-corrected chi connectivity index (χ0v) is 13.1. The van der Waals surface area contributed by atoms with Crippen LogP contribution in [0.3, 0.4) is 0 Å². The van der Waals surface area contributed by atoms with Crippen LogP contribution in [0.2, 0.25) is 5.02 Å². The third-order valence-electron chi connectivity index (χ3n) is 3.22. The van der Waals surface area contributed by atoms with Gasteiger partial charge in [-0.3, -0.25) is 0 Å². The van der Waals surface area contributed by atoms with Crippen molar-refractivity contribution in [2.75, 3.05) is 19.8 Å². The second-order valence-electron chi connectivity index (χ2n) is 5.02. The van der Waals surface area contributed by atoms with Gasteiger partial charge < -0.3 is 19.3 Å². The second kappa shape index (κ2) is 6.54. The van der Waals surface area contributed by atoms with Crippen LogP contribution in [0.1, 0.15) is 43.9 Å². The van der Waals surface area contributed by atoms with Gasteiger partial charge in [-0.15, -0.1) is 0 Å². The van der Waals surface area contributed by atoms with E-state index in [9.17, 15) is 9.90 Å². The van der Waals surface area contributed by atoms with E-state index in [2.05, 4.69) is 0 Å². The molecule has 1 heterocycles. The van der Waals surface area contributed by atoms with Crippen LogP contribution < -0.4 is 9.47 Å². The summed E-state index contributed by atoms with van der Waals surface area (Å²) in [6, 6.07) is 1.57. The van der Waals surface area contributed by atoms with Crippen LogP contribution >= 0.6 is 11.6 Å². The summed E-state index contributed by atoms with van der Waals surface area (Å²) in [7, 11) is 0. The average molecular weight is 315 g/mol. The Morgan fingerprint density at radius 2 is 2.05 bits per heavy atom. The number of hydrogen-bond acceptors (Lipinski definition) is 5. The van der Waals surface area contributed by atoms with Gasteiger partial charge in [-0.05, 0) is 12.8 Å². The number of rotatable bonds is 4. The lowest BCUT2D eigenvalue weighted by molar-refractivity contribution is -0.153. The first-order valence-corrected chi connectivity index (χ1v) is 7.31. The van der Waals surface area contributed by atoms with Crippen molar-refractivity contribution in [1.29, 1.82) is 0 Å². The molecular formula is C15H19ClO5. The van der Waals surface area contributed by atoms with Gasteiger partial charge in [-0.25, -0.2) is 4.79 Å². The molecule has 1 unspecified atom stereocenters. The van der Waals surface area contributed by atoms with Crippen LogP contribution in [0.5, 0.6) is 11.5 Å². The highest BCUT2D eigenvalue weighted by Gasteiger charge is 2.31. The quantitative estimate of drug-likeness (QED) is 0.866. The minimum atomic E-state index is -1.44. The summed E-state index contributed by atoms with van der Waals surface area (Å²) in [6.45, 7) is 6.61. The largest absolute Gasteiger partial charge is 0.486 e. The van der Waals surface area contributed by atoms with Gasteiger partial charge in [0.2, 0.25) is 0 Å². The van der Waals surface area contributed by atoms with Crippen LogP contribution in [0, 0.1) is 0 Å². The van der Waals surface area contributed by atoms with E-state index < -0.39 is 12.1 Å². The summed E-state index contributed by atoms with van der Waals surface area (Å²) < 4.78 is 16.1. The van der Waals surface area contributed by atoms with Crippen molar-refractivity contribution in [2.24, 2.45) is 0 Å². The number of esters is 1. The fourth-order valence-electron chi connectivity index (χ4n) is 2.38. The Morgan fingerprint density at radius 1 is 1.38 bits per heavy atom. The molecule has 0 radical (unpaired) electrons. The number of fused-ring (bicyclic) bond motifs is 1. The molecule has 0 bridgehead atoms. The van der Waals surface area contributed by atoms with Gasteiger partial charge >= 0.3 is 5.97 Å². The van der Waals surface area contributed by atoms with E-state index in [-0.39, 0.29) is 17.5 Å². The molecule has 1 aromatic rings. The van der Waals surface area contributed by atoms with E-state index in [1.807, 2.05) is 13.8 Å². The molecule has 2 rings (SSSR count). The minimum Gasteiger partial charge on any atom is -0.486 e. The first kappa shape index (κ1) is 15.9. The number of halogens is 1. The molecule has 0 amide bonds. The molecule has 0 saturated carbocycles. The lowest BCUT2D eigenvalue weighted by atomic mass is 9.92. The molecule has 1 aliphatic heterocycles. The van der Waals surface area contributed by atoms with Gasteiger partial charge in [-0.2, -0.15) is 0 Å². The number of carbonyl (C=O) groups is 1. The summed E-state index contributed by atoms with van der Waals surface area (Å²) in [5.74, 6) is 0.352. The number of aliphatic hydroxyl groups is 1. The standard InChI is InChI=1S/C15H19ClO5/c1-4-19-15(18)13(17)12-9(16)7-10-14(11(12)8(2)3)21-6-5-20-10/h7-8,13,17H,4-6H2,1-3H3. The Morgan fingerprint density at radius 3 is 2.67 bits per heavy atom. The fourth-order valence-corrected chi connectivity index (χ4v) is 2.69. The van der Waals surface area contributed by atoms with Gasteiger partial charge in [0, 0.05) is 17.2 Å². The maximum atomic E-state index is 11.8. The molecule has 0 fully saturated rings. The summed E-state index contributed by atoms with van der Waals surface area (Å²) in [5.41, 5.74) is 1.01. The van der Waals surface area contributed by atoms with Crippen molar-refractivity contribution in [2.45, 2.75) is 32.8 Å². The molecule has 0 aliphatic carbocycles. The highest BCUT2D eigenvalue weighted by Crippen LogP contribution is 2.45. The molecule has 0 aromatic heterocycles. The molecule has 1 aliphatic rings. The number of hydrogen-bond donors (Lipinski definition) is 1. The molecule has 116 valence electrons. The van der Waals surface area contributed by atoms with Crippen LogP contribution in [-0.2, 0) is 9.53 Å². The molecule has 21 heavy (non-hydrogen) atoms. The van der Waals surface area contributed by atoms with Crippen molar-refractivity contribution in [1.82, 2.24) is 0 Å². The third kappa shape index (κ3) is 3.09. The van der Waals surface area contributed by atoms with Crippen molar-refractivity contribution >= 4 is 17.6 Å². The summed E-state index contributed by atoms with van der Waals surface area (Å²) in [6.07, 6.45) is -1.44. The predicted molar refractivity (Wildman–Crippen MR) is 78.1 cm³/mol. The topological polar surface area (TPSA) is 65.0 Å². The highest BCUT2D eigenvalue weighted by atomic mass is 35.5. The first-order chi connectivity index (χ1) is 9.97. The average Bonchev–Trinajstić information content (AvgIpc) is 2.45. The Labute approximate surface area is 128 Å². The third-order valence-corrected chi connectivity index (χ3v) is 3.53. The number of aliphatic hydroxyl groups excluding tert-OH is 1. The summed E-state index contributed by atoms with van der Waals surface area (Å²) >= 11 is 6.25. The molecule has 0 saturated heterocycles. The first-order valence-electron chi connectivity index (χ1n) is 6.93. The fraction of sp³-hybridized carbons (Fsp3) is 0.533. The Kier molecular flexibility index (Phi) is 4.96. The van der Waals surface area contributed by atoms with Crippen LogP contribution in [0.15, 0.2) is 6.07 Å². The summed E-state index contributed by atoms with van der Waals surface area (Å²) in [4.78, 5) is 11.8. The van der Waals surface area contributed by atoms with E-state index >= 15 is 0 Å². The van der Waals surface area contributed by atoms with Gasteiger partial charge in [0.05, 0.1) is 11.6 Å². The number of benzene rings is 1. The van der Waals surface area contributed by atoms with Crippen LogP contribution in [0.4, 0.5) is 0 Å². The van der Waals surface area contributed by atoms with Crippen LogP contribution in [-0.4, -0.2) is 30.9 Å². The highest BCUT2D eigenvalue weighted by molar-refractivity contribution is 6.32. The molecule has 6 heteroatoms. The molecule has 0 spiro atoms. The maximum Gasteiger partial charge on any atom is 0.339 e. The minimum absolute atomic E-state index is 0.00164. The van der Waals surface area contributed by atoms with Gasteiger partial charge in [0.15, 0.2) is 17.6 Å². The molecular weight excluding hydrogens is 296 g/mol. The molecule has 1 atom stereocenters. The number of carbonyl (C=O) groups excluding carboxylic acids is 1. The van der Waals surface area contributed by atoms with Gasteiger partial charge in [0.1, 0.15) is 13.2 Å². The molecule has 5 nitrogen and oxygen atoms in total. The van der Waals surface area contributed by atoms with Crippen molar-refractivity contribution in [3.05, 3.63) is 22.2 Å². The van der Waals surface area contributed by atoms with E-state index in [0.717, 1.165) is 0 Å². The summed E-state index contributed by atoms with van der Waals surface area (Å²) in [5, 5.41) is 10.5. The van der Waals surface area contributed by atoms with E-state index in [4.69, 9.17) is 25.8 Å². The maximum absolute atomic E-state index is 11.8. The van der Waals surface area contributed by atoms with Crippen molar-refractivity contribution in [3.8, 4) is 11.5 Å². The Balaban J connectivity index is 2.56. The SMILES string of the molecule is CCOC(=O)C(O)c1c(Cl)cc2c(c1C(C)C)OCCO2. The molecule has 1 N–H and O–H groups in total. The lowest BCUT2D eigenvalue weighted by Crippen LogP contribution is -2.21. The van der Waals surface area contributed by atoms with Crippen molar-refractivity contribution < 1.29 is 24.1 Å². The predicted octanol–water partition coefficient (Wildman–Crippen LogP) is 2.83. The van der Waals surface area contributed by atoms with E-state index in [1.165, 1.54) is 0 Å². The van der Waals surface area contributed by atoms with Crippen molar-refractivity contribution in [3.63, 3.8) is 0 Å². The van der Waals surface area contributed by atoms with E-state index in [0.29, 0.717) is 35.8 Å². The van der Waals surface area contributed by atoms with Gasteiger partial charge in [0.25, 0.3) is 0 Å². The molecule has 1 aromatic carbocycles.